The molecular weight excluding hydrogens is 288 g/mol. The maximum atomic E-state index is 5.13. The van der Waals surface area contributed by atoms with Crippen LogP contribution in [0.25, 0.3) is 10.6 Å². The van der Waals surface area contributed by atoms with Crippen molar-refractivity contribution >= 4 is 17.0 Å². The van der Waals surface area contributed by atoms with Crippen LogP contribution in [-0.4, -0.2) is 30.9 Å². The van der Waals surface area contributed by atoms with E-state index in [-0.39, 0.29) is 6.01 Å². The number of oxime groups is 1. The van der Waals surface area contributed by atoms with Gasteiger partial charge in [-0.2, -0.15) is 0 Å². The lowest BCUT2D eigenvalue weighted by Gasteiger charge is -1.96. The van der Waals surface area contributed by atoms with Crippen LogP contribution >= 0.6 is 11.3 Å². The van der Waals surface area contributed by atoms with Crippen LogP contribution < -0.4 is 4.84 Å². The minimum atomic E-state index is 0.189. The van der Waals surface area contributed by atoms with Crippen molar-refractivity contribution in [2.75, 3.05) is 0 Å². The molecular formula is C13H10N6OS. The van der Waals surface area contributed by atoms with E-state index in [9.17, 15) is 0 Å². The molecule has 0 spiro atoms. The van der Waals surface area contributed by atoms with Crippen LogP contribution in [0, 0.1) is 0 Å². The Labute approximate surface area is 124 Å². The molecule has 0 saturated carbocycles. The summed E-state index contributed by atoms with van der Waals surface area (Å²) < 4.78 is 0. The minimum absolute atomic E-state index is 0.189. The molecule has 0 saturated heterocycles. The van der Waals surface area contributed by atoms with Gasteiger partial charge in [0.25, 0.3) is 0 Å². The van der Waals surface area contributed by atoms with E-state index in [1.54, 1.807) is 37.8 Å². The topological polar surface area (TPSA) is 86.0 Å². The van der Waals surface area contributed by atoms with Gasteiger partial charge in [0.05, 0.1) is 0 Å². The zero-order chi connectivity index (χ0) is 14.5. The summed E-state index contributed by atoms with van der Waals surface area (Å²) in [6, 6.07) is 5.67. The molecule has 0 fully saturated rings. The summed E-state index contributed by atoms with van der Waals surface area (Å²) in [6.07, 6.45) is 6.62. The molecule has 104 valence electrons. The van der Waals surface area contributed by atoms with E-state index in [2.05, 4.69) is 30.3 Å². The Kier molecular flexibility index (Phi) is 3.88. The highest BCUT2D eigenvalue weighted by Gasteiger charge is 2.09. The predicted molar refractivity (Wildman–Crippen MR) is 78.0 cm³/mol. The van der Waals surface area contributed by atoms with E-state index < -0.39 is 0 Å². The maximum Gasteiger partial charge on any atom is 0.345 e. The average molecular weight is 298 g/mol. The molecule has 21 heavy (non-hydrogen) atoms. The van der Waals surface area contributed by atoms with Crippen LogP contribution in [0.4, 0.5) is 0 Å². The zero-order valence-electron chi connectivity index (χ0n) is 11.0. The third kappa shape index (κ3) is 3.23. The van der Waals surface area contributed by atoms with Gasteiger partial charge < -0.3 is 4.84 Å². The fraction of sp³-hybridized carbons (Fsp3) is 0.0769. The van der Waals surface area contributed by atoms with E-state index in [0.717, 1.165) is 10.6 Å². The van der Waals surface area contributed by atoms with Crippen molar-refractivity contribution in [1.82, 2.24) is 25.1 Å². The first-order chi connectivity index (χ1) is 10.3. The predicted octanol–water partition coefficient (Wildman–Crippen LogP) is 2.19. The van der Waals surface area contributed by atoms with Crippen LogP contribution in [0.15, 0.2) is 48.1 Å². The van der Waals surface area contributed by atoms with Gasteiger partial charge in [0.15, 0.2) is 5.01 Å². The third-order valence-corrected chi connectivity index (χ3v) is 3.53. The largest absolute Gasteiger partial charge is 0.345 e. The van der Waals surface area contributed by atoms with Crippen molar-refractivity contribution < 1.29 is 4.84 Å². The summed E-state index contributed by atoms with van der Waals surface area (Å²) in [5, 5.41) is 13.6. The van der Waals surface area contributed by atoms with Crippen molar-refractivity contribution in [2.45, 2.75) is 6.92 Å². The summed E-state index contributed by atoms with van der Waals surface area (Å²) in [6.45, 7) is 1.79. The molecule has 7 nitrogen and oxygen atoms in total. The van der Waals surface area contributed by atoms with Gasteiger partial charge in [0.2, 0.25) is 0 Å². The summed E-state index contributed by atoms with van der Waals surface area (Å²) in [5.41, 5.74) is 1.52. The molecule has 0 aliphatic carbocycles. The number of nitrogens with zero attached hydrogens (tertiary/aromatic N) is 6. The Morgan fingerprint density at radius 3 is 2.76 bits per heavy atom. The lowest BCUT2D eigenvalue weighted by molar-refractivity contribution is 0.312. The molecule has 0 bridgehead atoms. The normalized spacial score (nSPS) is 11.4. The van der Waals surface area contributed by atoms with Gasteiger partial charge >= 0.3 is 6.01 Å². The standard InChI is InChI=1S/C13H10N6OS/c1-9(19-20-13-15-6-3-7-16-13)11-17-18-12(21-11)10-4-2-5-14-8-10/h2-8H,1H3. The van der Waals surface area contributed by atoms with Crippen LogP contribution in [0.5, 0.6) is 6.01 Å². The number of rotatable bonds is 4. The molecule has 0 aliphatic heterocycles. The lowest BCUT2D eigenvalue weighted by Crippen LogP contribution is -1.98. The van der Waals surface area contributed by atoms with E-state index in [4.69, 9.17) is 4.84 Å². The van der Waals surface area contributed by atoms with Gasteiger partial charge in [0, 0.05) is 30.4 Å². The average Bonchev–Trinajstić information content (AvgIpc) is 3.04. The summed E-state index contributed by atoms with van der Waals surface area (Å²) in [7, 11) is 0. The van der Waals surface area contributed by atoms with Gasteiger partial charge in [-0.3, -0.25) is 4.98 Å². The summed E-state index contributed by atoms with van der Waals surface area (Å²) >= 11 is 1.42. The lowest BCUT2D eigenvalue weighted by atomic mass is 10.3. The quantitative estimate of drug-likeness (QED) is 0.542. The van der Waals surface area contributed by atoms with Crippen LogP contribution in [0.3, 0.4) is 0 Å². The first-order valence-electron chi connectivity index (χ1n) is 6.06. The highest BCUT2D eigenvalue weighted by atomic mass is 32.1. The summed E-state index contributed by atoms with van der Waals surface area (Å²) in [4.78, 5) is 17.0. The molecule has 3 rings (SSSR count). The second-order valence-corrected chi connectivity index (χ2v) is 4.93. The fourth-order valence-corrected chi connectivity index (χ4v) is 2.23. The molecule has 0 amide bonds. The second kappa shape index (κ2) is 6.14. The van der Waals surface area contributed by atoms with Crippen molar-refractivity contribution in [3.8, 4) is 16.6 Å². The number of pyridine rings is 1. The zero-order valence-corrected chi connectivity index (χ0v) is 11.9. The number of hydrogen-bond donors (Lipinski definition) is 0. The molecule has 3 heterocycles. The number of aromatic nitrogens is 5. The summed E-state index contributed by atoms with van der Waals surface area (Å²) in [5.74, 6) is 0. The van der Waals surface area contributed by atoms with E-state index in [1.165, 1.54) is 11.3 Å². The van der Waals surface area contributed by atoms with E-state index in [1.807, 2.05) is 12.1 Å². The highest BCUT2D eigenvalue weighted by Crippen LogP contribution is 2.22. The maximum absolute atomic E-state index is 5.13. The van der Waals surface area contributed by atoms with Gasteiger partial charge in [-0.25, -0.2) is 9.97 Å². The second-order valence-electron chi connectivity index (χ2n) is 3.95. The SMILES string of the molecule is CC(=NOc1ncccn1)c1nnc(-c2cccnc2)s1. The van der Waals surface area contributed by atoms with Gasteiger partial charge in [-0.15, -0.1) is 10.2 Å². The molecule has 0 atom stereocenters. The molecule has 3 aromatic rings. The highest BCUT2D eigenvalue weighted by molar-refractivity contribution is 7.16. The molecule has 0 aliphatic rings. The first kappa shape index (κ1) is 13.3. The van der Waals surface area contributed by atoms with E-state index in [0.29, 0.717) is 10.7 Å². The fourth-order valence-electron chi connectivity index (χ4n) is 1.46. The molecule has 0 radical (unpaired) electrons. The first-order valence-corrected chi connectivity index (χ1v) is 6.87. The van der Waals surface area contributed by atoms with Crippen LogP contribution in [0.1, 0.15) is 11.9 Å². The Bertz CT molecular complexity index is 744. The molecule has 8 heteroatoms. The Hall–Kier alpha value is -2.74. The monoisotopic (exact) mass is 298 g/mol. The van der Waals surface area contributed by atoms with Crippen molar-refractivity contribution in [2.24, 2.45) is 5.16 Å². The van der Waals surface area contributed by atoms with Gasteiger partial charge in [-0.1, -0.05) is 16.5 Å². The third-order valence-electron chi connectivity index (χ3n) is 2.45. The molecule has 0 aromatic carbocycles. The van der Waals surface area contributed by atoms with Crippen LogP contribution in [0.2, 0.25) is 0 Å². The van der Waals surface area contributed by atoms with Crippen molar-refractivity contribution in [1.29, 1.82) is 0 Å². The Balaban J connectivity index is 1.77. The molecule has 0 unspecified atom stereocenters. The molecule has 3 aromatic heterocycles. The van der Waals surface area contributed by atoms with E-state index >= 15 is 0 Å². The van der Waals surface area contributed by atoms with Crippen molar-refractivity contribution in [3.05, 3.63) is 48.0 Å². The Morgan fingerprint density at radius 1 is 1.14 bits per heavy atom. The van der Waals surface area contributed by atoms with Gasteiger partial charge in [-0.05, 0) is 25.1 Å². The Morgan fingerprint density at radius 2 is 2.00 bits per heavy atom. The molecule has 0 N–H and O–H groups in total. The minimum Gasteiger partial charge on any atom is -0.315 e. The van der Waals surface area contributed by atoms with Gasteiger partial charge in [0.1, 0.15) is 10.7 Å². The smallest absolute Gasteiger partial charge is 0.315 e. The number of hydrogen-bond acceptors (Lipinski definition) is 8. The van der Waals surface area contributed by atoms with Crippen molar-refractivity contribution in [3.63, 3.8) is 0 Å². The van der Waals surface area contributed by atoms with Crippen LogP contribution in [-0.2, 0) is 0 Å².